The molecule has 6 heteroatoms. The van der Waals surface area contributed by atoms with Gasteiger partial charge in [-0.05, 0) is 39.2 Å². The second kappa shape index (κ2) is 7.07. The summed E-state index contributed by atoms with van der Waals surface area (Å²) in [7, 11) is 1.82. The third-order valence-corrected chi connectivity index (χ3v) is 5.44. The van der Waals surface area contributed by atoms with Crippen LogP contribution in [0.5, 0.6) is 0 Å². The second-order valence-electron chi connectivity index (χ2n) is 7.09. The first-order valence-electron chi connectivity index (χ1n) is 8.85. The molecule has 2 aliphatic rings. The summed E-state index contributed by atoms with van der Waals surface area (Å²) in [5.41, 5.74) is 1.14. The van der Waals surface area contributed by atoms with Crippen LogP contribution in [-0.4, -0.2) is 63.7 Å². The van der Waals surface area contributed by atoms with Crippen molar-refractivity contribution in [2.24, 2.45) is 7.05 Å². The Labute approximate surface area is 142 Å². The maximum Gasteiger partial charge on any atom is 0.270 e. The van der Waals surface area contributed by atoms with Crippen molar-refractivity contribution in [3.8, 4) is 0 Å². The van der Waals surface area contributed by atoms with Crippen molar-refractivity contribution in [2.45, 2.75) is 44.8 Å². The Bertz CT molecular complexity index is 662. The number of aliphatic hydroxyl groups excluding tert-OH is 1. The van der Waals surface area contributed by atoms with Gasteiger partial charge in [0.05, 0.1) is 6.10 Å². The van der Waals surface area contributed by atoms with Crippen LogP contribution in [0.25, 0.3) is 0 Å². The van der Waals surface area contributed by atoms with Gasteiger partial charge in [-0.2, -0.15) is 0 Å². The van der Waals surface area contributed by atoms with Crippen molar-refractivity contribution in [1.29, 1.82) is 0 Å². The van der Waals surface area contributed by atoms with Crippen LogP contribution in [0.3, 0.4) is 0 Å². The number of hydrogen-bond donors (Lipinski definition) is 1. The SMILES string of the molecule is Cc1cc(=O)cc(C(=O)N2CCC(N3CCC[C@@H](O)C3)CC2)n1C. The number of hydrogen-bond acceptors (Lipinski definition) is 4. The lowest BCUT2D eigenvalue weighted by Gasteiger charge is -2.41. The number of aryl methyl sites for hydroxylation is 1. The van der Waals surface area contributed by atoms with Crippen LogP contribution in [0, 0.1) is 6.92 Å². The van der Waals surface area contributed by atoms with Gasteiger partial charge in [0, 0.05) is 50.6 Å². The van der Waals surface area contributed by atoms with Gasteiger partial charge in [0.1, 0.15) is 5.69 Å². The van der Waals surface area contributed by atoms with Gasteiger partial charge in [-0.15, -0.1) is 0 Å². The van der Waals surface area contributed by atoms with E-state index in [1.165, 1.54) is 6.07 Å². The number of pyridine rings is 1. The maximum atomic E-state index is 12.8. The topological polar surface area (TPSA) is 65.8 Å². The molecule has 0 saturated carbocycles. The van der Waals surface area contributed by atoms with E-state index in [2.05, 4.69) is 4.90 Å². The van der Waals surface area contributed by atoms with Crippen molar-refractivity contribution >= 4 is 5.91 Å². The van der Waals surface area contributed by atoms with Gasteiger partial charge in [-0.3, -0.25) is 14.5 Å². The zero-order valence-corrected chi connectivity index (χ0v) is 14.6. The molecule has 6 nitrogen and oxygen atoms in total. The van der Waals surface area contributed by atoms with Gasteiger partial charge in [0.2, 0.25) is 0 Å². The van der Waals surface area contributed by atoms with Crippen LogP contribution in [0.15, 0.2) is 16.9 Å². The molecule has 2 saturated heterocycles. The maximum absolute atomic E-state index is 12.8. The fourth-order valence-corrected chi connectivity index (χ4v) is 3.88. The highest BCUT2D eigenvalue weighted by atomic mass is 16.3. The molecule has 2 fully saturated rings. The molecule has 0 aliphatic carbocycles. The van der Waals surface area contributed by atoms with Crippen molar-refractivity contribution in [2.75, 3.05) is 26.2 Å². The normalized spacial score (nSPS) is 23.5. The second-order valence-corrected chi connectivity index (χ2v) is 7.09. The van der Waals surface area contributed by atoms with E-state index in [4.69, 9.17) is 0 Å². The van der Waals surface area contributed by atoms with E-state index in [1.807, 2.05) is 18.9 Å². The minimum absolute atomic E-state index is 0.0598. The monoisotopic (exact) mass is 333 g/mol. The zero-order chi connectivity index (χ0) is 17.3. The Hall–Kier alpha value is -1.66. The molecule has 1 N–H and O–H groups in total. The molecule has 132 valence electrons. The smallest absolute Gasteiger partial charge is 0.270 e. The highest BCUT2D eigenvalue weighted by Crippen LogP contribution is 2.22. The van der Waals surface area contributed by atoms with Gasteiger partial charge in [-0.25, -0.2) is 0 Å². The van der Waals surface area contributed by atoms with Crippen LogP contribution >= 0.6 is 0 Å². The average molecular weight is 333 g/mol. The average Bonchev–Trinajstić information content (AvgIpc) is 2.57. The number of piperidine rings is 2. The summed E-state index contributed by atoms with van der Waals surface area (Å²) in [4.78, 5) is 28.7. The van der Waals surface area contributed by atoms with E-state index in [0.29, 0.717) is 24.8 Å². The summed E-state index contributed by atoms with van der Waals surface area (Å²) in [6.45, 7) is 5.05. The fourth-order valence-electron chi connectivity index (χ4n) is 3.88. The first-order valence-corrected chi connectivity index (χ1v) is 8.85. The summed E-state index contributed by atoms with van der Waals surface area (Å²) < 4.78 is 1.79. The standard InChI is InChI=1S/C18H27N3O3/c1-13-10-16(23)11-17(19(13)2)18(24)20-8-5-14(6-9-20)21-7-3-4-15(22)12-21/h10-11,14-15,22H,3-9,12H2,1-2H3/t15-/m1/s1. The summed E-state index contributed by atoms with van der Waals surface area (Å²) in [6, 6.07) is 3.43. The molecule has 0 aromatic carbocycles. The van der Waals surface area contributed by atoms with E-state index >= 15 is 0 Å². The lowest BCUT2D eigenvalue weighted by molar-refractivity contribution is 0.0238. The van der Waals surface area contributed by atoms with Crippen molar-refractivity contribution in [3.63, 3.8) is 0 Å². The third kappa shape index (κ3) is 3.54. The number of carbonyl (C=O) groups excluding carboxylic acids is 1. The van der Waals surface area contributed by atoms with Gasteiger partial charge >= 0.3 is 0 Å². The van der Waals surface area contributed by atoms with Gasteiger partial charge in [-0.1, -0.05) is 0 Å². The minimum atomic E-state index is -0.208. The summed E-state index contributed by atoms with van der Waals surface area (Å²) in [5.74, 6) is -0.0598. The minimum Gasteiger partial charge on any atom is -0.392 e. The molecule has 24 heavy (non-hydrogen) atoms. The van der Waals surface area contributed by atoms with Crippen LogP contribution in [0.1, 0.15) is 41.9 Å². The number of amides is 1. The van der Waals surface area contributed by atoms with E-state index in [0.717, 1.165) is 44.5 Å². The fraction of sp³-hybridized carbons (Fsp3) is 0.667. The predicted molar refractivity (Wildman–Crippen MR) is 92.2 cm³/mol. The molecule has 2 aliphatic heterocycles. The highest BCUT2D eigenvalue weighted by molar-refractivity contribution is 5.92. The number of likely N-dealkylation sites (tertiary alicyclic amines) is 2. The first-order chi connectivity index (χ1) is 11.5. The Morgan fingerprint density at radius 2 is 1.88 bits per heavy atom. The molecule has 0 unspecified atom stereocenters. The molecule has 0 bridgehead atoms. The number of β-amino-alcohol motifs (C(OH)–C–C–N with tert-alkyl or cyclic N) is 1. The molecule has 3 heterocycles. The molecule has 1 atom stereocenters. The van der Waals surface area contributed by atoms with Gasteiger partial charge in [0.25, 0.3) is 5.91 Å². The zero-order valence-electron chi connectivity index (χ0n) is 14.6. The lowest BCUT2D eigenvalue weighted by Crippen LogP contribution is -2.50. The number of aromatic nitrogens is 1. The highest BCUT2D eigenvalue weighted by Gasteiger charge is 2.30. The van der Waals surface area contributed by atoms with Crippen LogP contribution in [0.4, 0.5) is 0 Å². The molecule has 3 rings (SSSR count). The van der Waals surface area contributed by atoms with E-state index in [9.17, 15) is 14.7 Å². The first kappa shape index (κ1) is 17.2. The van der Waals surface area contributed by atoms with Crippen molar-refractivity contribution in [3.05, 3.63) is 33.7 Å². The van der Waals surface area contributed by atoms with E-state index < -0.39 is 0 Å². The summed E-state index contributed by atoms with van der Waals surface area (Å²) in [6.07, 6.45) is 3.59. The Kier molecular flexibility index (Phi) is 5.06. The Balaban J connectivity index is 1.64. The predicted octanol–water partition coefficient (Wildman–Crippen LogP) is 0.755. The third-order valence-electron chi connectivity index (χ3n) is 5.44. The number of aliphatic hydroxyl groups is 1. The van der Waals surface area contributed by atoms with Gasteiger partial charge < -0.3 is 14.6 Å². The molecule has 1 aromatic rings. The molecular weight excluding hydrogens is 306 g/mol. The molecular formula is C18H27N3O3. The molecule has 1 aromatic heterocycles. The van der Waals surface area contributed by atoms with Crippen molar-refractivity contribution < 1.29 is 9.90 Å². The van der Waals surface area contributed by atoms with Crippen LogP contribution in [0.2, 0.25) is 0 Å². The molecule has 1 amide bonds. The van der Waals surface area contributed by atoms with Crippen LogP contribution in [-0.2, 0) is 7.05 Å². The number of carbonyl (C=O) groups is 1. The molecule has 0 radical (unpaired) electrons. The Morgan fingerprint density at radius 1 is 1.17 bits per heavy atom. The number of rotatable bonds is 2. The van der Waals surface area contributed by atoms with Crippen molar-refractivity contribution in [1.82, 2.24) is 14.4 Å². The summed E-state index contributed by atoms with van der Waals surface area (Å²) >= 11 is 0. The number of nitrogens with zero attached hydrogens (tertiary/aromatic N) is 3. The quantitative estimate of drug-likeness (QED) is 0.868. The van der Waals surface area contributed by atoms with E-state index in [-0.39, 0.29) is 17.4 Å². The Morgan fingerprint density at radius 3 is 2.54 bits per heavy atom. The van der Waals surface area contributed by atoms with Gasteiger partial charge in [0.15, 0.2) is 5.43 Å². The summed E-state index contributed by atoms with van der Waals surface area (Å²) in [5, 5.41) is 9.84. The van der Waals surface area contributed by atoms with E-state index in [1.54, 1.807) is 10.6 Å². The largest absolute Gasteiger partial charge is 0.392 e. The van der Waals surface area contributed by atoms with Crippen LogP contribution < -0.4 is 5.43 Å². The molecule has 0 spiro atoms. The lowest BCUT2D eigenvalue weighted by atomic mass is 9.98.